The van der Waals surface area contributed by atoms with Crippen LogP contribution in [0.3, 0.4) is 0 Å². The number of aryl methyl sites for hydroxylation is 2. The molecule has 0 aliphatic carbocycles. The molecule has 2 heteroatoms. The Morgan fingerprint density at radius 3 is 2.44 bits per heavy atom. The number of carbonyl (C=O) groups excluding carboxylic acids is 1. The summed E-state index contributed by atoms with van der Waals surface area (Å²) in [5.74, 6) is 1.60. The maximum Gasteiger partial charge on any atom is 0.170 e. The maximum atomic E-state index is 12.0. The number of benzene rings is 1. The standard InChI is InChI=1S/C14H14O2/c1-10-8-13(11(2)16-10)14(15)9-12-6-4-3-5-7-12/h3-8H,9H2,1-2H3. The molecule has 82 valence electrons. The van der Waals surface area contributed by atoms with Crippen molar-refractivity contribution < 1.29 is 9.21 Å². The van der Waals surface area contributed by atoms with E-state index in [1.165, 1.54) is 0 Å². The molecule has 0 N–H and O–H groups in total. The molecule has 0 aliphatic rings. The minimum atomic E-state index is 0.112. The van der Waals surface area contributed by atoms with Crippen molar-refractivity contribution in [1.82, 2.24) is 0 Å². The van der Waals surface area contributed by atoms with E-state index < -0.39 is 0 Å². The summed E-state index contributed by atoms with van der Waals surface area (Å²) in [6.07, 6.45) is 0.431. The van der Waals surface area contributed by atoms with Gasteiger partial charge in [-0.25, -0.2) is 0 Å². The van der Waals surface area contributed by atoms with E-state index in [1.807, 2.05) is 44.2 Å². The molecule has 2 aromatic rings. The van der Waals surface area contributed by atoms with Crippen LogP contribution in [-0.2, 0) is 6.42 Å². The number of hydrogen-bond donors (Lipinski definition) is 0. The first-order chi connectivity index (χ1) is 7.66. The van der Waals surface area contributed by atoms with Gasteiger partial charge in [0.15, 0.2) is 5.78 Å². The third kappa shape index (κ3) is 2.22. The molecule has 2 rings (SSSR count). The van der Waals surface area contributed by atoms with E-state index in [1.54, 1.807) is 6.07 Å². The first kappa shape index (κ1) is 10.7. The van der Waals surface area contributed by atoms with Crippen molar-refractivity contribution >= 4 is 5.78 Å². The quantitative estimate of drug-likeness (QED) is 0.734. The second-order valence-electron chi connectivity index (χ2n) is 3.91. The van der Waals surface area contributed by atoms with Crippen LogP contribution in [0, 0.1) is 13.8 Å². The SMILES string of the molecule is Cc1cc(C(=O)Cc2ccccc2)c(C)o1. The summed E-state index contributed by atoms with van der Waals surface area (Å²) in [5.41, 5.74) is 1.73. The molecular formula is C14H14O2. The van der Waals surface area contributed by atoms with E-state index in [2.05, 4.69) is 0 Å². The van der Waals surface area contributed by atoms with Crippen molar-refractivity contribution in [3.8, 4) is 0 Å². The predicted molar refractivity (Wildman–Crippen MR) is 62.7 cm³/mol. The Hall–Kier alpha value is -1.83. The van der Waals surface area contributed by atoms with Crippen molar-refractivity contribution in [1.29, 1.82) is 0 Å². The van der Waals surface area contributed by atoms with E-state index >= 15 is 0 Å². The Kier molecular flexibility index (Phi) is 2.91. The average Bonchev–Trinajstić information content (AvgIpc) is 2.59. The Labute approximate surface area is 94.9 Å². The lowest BCUT2D eigenvalue weighted by Crippen LogP contribution is -2.03. The summed E-state index contributed by atoms with van der Waals surface area (Å²) >= 11 is 0. The lowest BCUT2D eigenvalue weighted by molar-refractivity contribution is 0.0991. The summed E-state index contributed by atoms with van der Waals surface area (Å²) in [7, 11) is 0. The number of Topliss-reactive ketones (excluding diaryl/α,β-unsaturated/α-hetero) is 1. The minimum Gasteiger partial charge on any atom is -0.466 e. The summed E-state index contributed by atoms with van der Waals surface area (Å²) in [6.45, 7) is 3.68. The molecule has 1 aromatic carbocycles. The van der Waals surface area contributed by atoms with E-state index in [-0.39, 0.29) is 5.78 Å². The van der Waals surface area contributed by atoms with Gasteiger partial charge in [-0.05, 0) is 25.5 Å². The van der Waals surface area contributed by atoms with Gasteiger partial charge in [-0.1, -0.05) is 30.3 Å². The van der Waals surface area contributed by atoms with Gasteiger partial charge in [0.25, 0.3) is 0 Å². The van der Waals surface area contributed by atoms with Crippen molar-refractivity contribution in [2.45, 2.75) is 20.3 Å². The Bertz CT molecular complexity index is 495. The highest BCUT2D eigenvalue weighted by molar-refractivity contribution is 5.98. The van der Waals surface area contributed by atoms with Crippen LogP contribution in [0.4, 0.5) is 0 Å². The van der Waals surface area contributed by atoms with Crippen LogP contribution in [0.25, 0.3) is 0 Å². The third-order valence-corrected chi connectivity index (χ3v) is 2.55. The van der Waals surface area contributed by atoms with E-state index in [4.69, 9.17) is 4.42 Å². The monoisotopic (exact) mass is 214 g/mol. The van der Waals surface area contributed by atoms with Crippen LogP contribution >= 0.6 is 0 Å². The molecule has 0 unspecified atom stereocenters. The average molecular weight is 214 g/mol. The molecule has 0 bridgehead atoms. The first-order valence-corrected chi connectivity index (χ1v) is 5.31. The second kappa shape index (κ2) is 4.35. The molecule has 1 heterocycles. The van der Waals surface area contributed by atoms with Crippen LogP contribution in [0.5, 0.6) is 0 Å². The zero-order valence-corrected chi connectivity index (χ0v) is 9.49. The van der Waals surface area contributed by atoms with Gasteiger partial charge in [0.1, 0.15) is 11.5 Å². The van der Waals surface area contributed by atoms with E-state index in [0.717, 1.165) is 11.3 Å². The zero-order valence-electron chi connectivity index (χ0n) is 9.49. The Balaban J connectivity index is 2.18. The fourth-order valence-corrected chi connectivity index (χ4v) is 1.78. The van der Waals surface area contributed by atoms with Crippen molar-refractivity contribution in [2.75, 3.05) is 0 Å². The number of rotatable bonds is 3. The van der Waals surface area contributed by atoms with Gasteiger partial charge in [-0.3, -0.25) is 4.79 Å². The molecule has 0 radical (unpaired) electrons. The lowest BCUT2D eigenvalue weighted by Gasteiger charge is -1.99. The fraction of sp³-hybridized carbons (Fsp3) is 0.214. The van der Waals surface area contributed by atoms with Gasteiger partial charge in [-0.2, -0.15) is 0 Å². The normalized spacial score (nSPS) is 10.4. The highest BCUT2D eigenvalue weighted by atomic mass is 16.3. The molecule has 0 aliphatic heterocycles. The number of hydrogen-bond acceptors (Lipinski definition) is 2. The van der Waals surface area contributed by atoms with Gasteiger partial charge >= 0.3 is 0 Å². The van der Waals surface area contributed by atoms with Crippen LogP contribution in [-0.4, -0.2) is 5.78 Å². The van der Waals surface area contributed by atoms with Crippen LogP contribution < -0.4 is 0 Å². The highest BCUT2D eigenvalue weighted by Crippen LogP contribution is 2.16. The smallest absolute Gasteiger partial charge is 0.170 e. The van der Waals surface area contributed by atoms with Crippen LogP contribution in [0.2, 0.25) is 0 Å². The Morgan fingerprint density at radius 2 is 1.88 bits per heavy atom. The van der Waals surface area contributed by atoms with Crippen LogP contribution in [0.1, 0.15) is 27.4 Å². The summed E-state index contributed by atoms with van der Waals surface area (Å²) in [6, 6.07) is 11.5. The number of furan rings is 1. The topological polar surface area (TPSA) is 30.2 Å². The summed E-state index contributed by atoms with van der Waals surface area (Å²) in [5, 5.41) is 0. The van der Waals surface area contributed by atoms with E-state index in [0.29, 0.717) is 17.7 Å². The van der Waals surface area contributed by atoms with Gasteiger partial charge in [0.05, 0.1) is 5.56 Å². The van der Waals surface area contributed by atoms with Gasteiger partial charge in [-0.15, -0.1) is 0 Å². The molecule has 1 aromatic heterocycles. The lowest BCUT2D eigenvalue weighted by atomic mass is 10.0. The minimum absolute atomic E-state index is 0.112. The molecule has 0 fully saturated rings. The van der Waals surface area contributed by atoms with Gasteiger partial charge in [0.2, 0.25) is 0 Å². The van der Waals surface area contributed by atoms with E-state index in [9.17, 15) is 4.79 Å². The van der Waals surface area contributed by atoms with Crippen molar-refractivity contribution in [3.63, 3.8) is 0 Å². The largest absolute Gasteiger partial charge is 0.466 e. The predicted octanol–water partition coefficient (Wildman–Crippen LogP) is 3.32. The maximum absolute atomic E-state index is 12.0. The fourth-order valence-electron chi connectivity index (χ4n) is 1.78. The number of carbonyl (C=O) groups is 1. The molecule has 2 nitrogen and oxygen atoms in total. The van der Waals surface area contributed by atoms with Crippen molar-refractivity contribution in [3.05, 3.63) is 59.0 Å². The highest BCUT2D eigenvalue weighted by Gasteiger charge is 2.13. The molecule has 0 saturated heterocycles. The molecule has 0 atom stereocenters. The third-order valence-electron chi connectivity index (χ3n) is 2.55. The Morgan fingerprint density at radius 1 is 1.19 bits per heavy atom. The van der Waals surface area contributed by atoms with Gasteiger partial charge < -0.3 is 4.42 Å². The summed E-state index contributed by atoms with van der Waals surface area (Å²) < 4.78 is 5.35. The zero-order chi connectivity index (χ0) is 11.5. The van der Waals surface area contributed by atoms with Crippen molar-refractivity contribution in [2.24, 2.45) is 0 Å². The molecule has 0 spiro atoms. The summed E-state index contributed by atoms with van der Waals surface area (Å²) in [4.78, 5) is 12.0. The first-order valence-electron chi connectivity index (χ1n) is 5.31. The number of ketones is 1. The van der Waals surface area contributed by atoms with Gasteiger partial charge in [0, 0.05) is 6.42 Å². The molecule has 16 heavy (non-hydrogen) atoms. The second-order valence-corrected chi connectivity index (χ2v) is 3.91. The molecule has 0 amide bonds. The van der Waals surface area contributed by atoms with Crippen LogP contribution in [0.15, 0.2) is 40.8 Å². The molecule has 0 saturated carbocycles. The molecular weight excluding hydrogens is 200 g/mol.